The molecule has 4 nitrogen and oxygen atoms in total. The van der Waals surface area contributed by atoms with Crippen LogP contribution in [0.4, 0.5) is 0 Å². The van der Waals surface area contributed by atoms with Gasteiger partial charge >= 0.3 is 0 Å². The van der Waals surface area contributed by atoms with E-state index in [9.17, 15) is 0 Å². The van der Waals surface area contributed by atoms with E-state index >= 15 is 0 Å². The Balaban J connectivity index is 2.27. The van der Waals surface area contributed by atoms with Crippen molar-refractivity contribution in [3.05, 3.63) is 34.3 Å². The lowest BCUT2D eigenvalue weighted by molar-refractivity contribution is 0.408. The number of aromatic nitrogens is 1. The molecule has 0 spiro atoms. The highest BCUT2D eigenvalue weighted by molar-refractivity contribution is 7.13. The van der Waals surface area contributed by atoms with Crippen LogP contribution in [0, 0.1) is 13.8 Å². The second-order valence-electron chi connectivity index (χ2n) is 3.94. The fourth-order valence-corrected chi connectivity index (χ4v) is 2.29. The molecule has 2 N–H and O–H groups in total. The summed E-state index contributed by atoms with van der Waals surface area (Å²) in [5, 5.41) is 0.640. The second-order valence-corrected chi connectivity index (χ2v) is 5.11. The van der Waals surface area contributed by atoms with Gasteiger partial charge < -0.3 is 15.2 Å². The molecule has 5 heteroatoms. The molecule has 0 aliphatic rings. The van der Waals surface area contributed by atoms with Crippen LogP contribution in [0.2, 0.25) is 0 Å². The smallest absolute Gasteiger partial charge is 0.279 e. The number of ether oxygens (including phenoxy) is 2. The molecular formula is C13H16N2O2S. The average Bonchev–Trinajstić information content (AvgIpc) is 2.67. The third kappa shape index (κ3) is 2.80. The molecule has 96 valence electrons. The maximum absolute atomic E-state index is 5.74. The van der Waals surface area contributed by atoms with Gasteiger partial charge in [0, 0.05) is 17.5 Å². The largest absolute Gasteiger partial charge is 0.497 e. The van der Waals surface area contributed by atoms with E-state index in [0.717, 1.165) is 21.9 Å². The number of rotatable bonds is 4. The fraction of sp³-hybridized carbons (Fsp3) is 0.308. The maximum atomic E-state index is 5.74. The number of methoxy groups -OCH3 is 1. The molecule has 0 saturated carbocycles. The molecule has 1 heterocycles. The van der Waals surface area contributed by atoms with Crippen LogP contribution in [0.25, 0.3) is 0 Å². The Kier molecular flexibility index (Phi) is 3.84. The van der Waals surface area contributed by atoms with E-state index in [1.807, 2.05) is 32.0 Å². The predicted octanol–water partition coefficient (Wildman–Crippen LogP) is 3.02. The lowest BCUT2D eigenvalue weighted by Gasteiger charge is -2.07. The summed E-state index contributed by atoms with van der Waals surface area (Å²) < 4.78 is 10.9. The maximum Gasteiger partial charge on any atom is 0.279 e. The van der Waals surface area contributed by atoms with Crippen LogP contribution < -0.4 is 15.2 Å². The van der Waals surface area contributed by atoms with Gasteiger partial charge in [0.15, 0.2) is 0 Å². The summed E-state index contributed by atoms with van der Waals surface area (Å²) in [6.45, 7) is 4.44. The topological polar surface area (TPSA) is 57.4 Å². The molecule has 0 bridgehead atoms. The highest BCUT2D eigenvalue weighted by Gasteiger charge is 2.08. The molecule has 1 aromatic heterocycles. The second kappa shape index (κ2) is 5.37. The van der Waals surface area contributed by atoms with Gasteiger partial charge in [0.25, 0.3) is 5.19 Å². The Bertz CT molecular complexity index is 510. The summed E-state index contributed by atoms with van der Waals surface area (Å²) in [6, 6.07) is 5.62. The quantitative estimate of drug-likeness (QED) is 0.922. The van der Waals surface area contributed by atoms with Crippen molar-refractivity contribution < 1.29 is 9.47 Å². The van der Waals surface area contributed by atoms with Crippen LogP contribution in [0.15, 0.2) is 18.2 Å². The minimum absolute atomic E-state index is 0.448. The molecule has 2 rings (SSSR count). The zero-order chi connectivity index (χ0) is 13.1. The van der Waals surface area contributed by atoms with Gasteiger partial charge in [-0.05, 0) is 31.5 Å². The minimum atomic E-state index is 0.448. The zero-order valence-corrected chi connectivity index (χ0v) is 11.5. The van der Waals surface area contributed by atoms with Crippen molar-refractivity contribution in [3.8, 4) is 16.7 Å². The first kappa shape index (κ1) is 12.9. The minimum Gasteiger partial charge on any atom is -0.497 e. The molecule has 2 aromatic rings. The molecule has 0 radical (unpaired) electrons. The van der Waals surface area contributed by atoms with Crippen molar-refractivity contribution >= 4 is 11.3 Å². The van der Waals surface area contributed by atoms with E-state index < -0.39 is 0 Å². The molecule has 0 aliphatic carbocycles. The Morgan fingerprint density at radius 3 is 2.50 bits per heavy atom. The number of nitrogens with zero attached hydrogens (tertiary/aromatic N) is 1. The van der Waals surface area contributed by atoms with Gasteiger partial charge in [-0.3, -0.25) is 0 Å². The first-order valence-electron chi connectivity index (χ1n) is 5.62. The molecule has 1 aromatic carbocycles. The number of benzene rings is 1. The molecule has 0 atom stereocenters. The van der Waals surface area contributed by atoms with Crippen molar-refractivity contribution in [1.29, 1.82) is 0 Å². The summed E-state index contributed by atoms with van der Waals surface area (Å²) in [7, 11) is 1.62. The number of aryl methyl sites for hydroxylation is 2. The molecule has 18 heavy (non-hydrogen) atoms. The number of thiazole rings is 1. The first-order valence-corrected chi connectivity index (χ1v) is 6.44. The third-order valence-electron chi connectivity index (χ3n) is 2.63. The van der Waals surface area contributed by atoms with Crippen LogP contribution in [0.5, 0.6) is 16.7 Å². The van der Waals surface area contributed by atoms with Crippen molar-refractivity contribution in [3.63, 3.8) is 0 Å². The van der Waals surface area contributed by atoms with Crippen LogP contribution >= 0.6 is 11.3 Å². The monoisotopic (exact) mass is 264 g/mol. The van der Waals surface area contributed by atoms with Crippen LogP contribution in [-0.4, -0.2) is 12.1 Å². The van der Waals surface area contributed by atoms with Gasteiger partial charge in [0.05, 0.1) is 12.8 Å². The Hall–Kier alpha value is -1.59. The molecule has 0 unspecified atom stereocenters. The SMILES string of the molecule is COc1cc(CN)cc(Oc2nc(C)c(C)s2)c1. The highest BCUT2D eigenvalue weighted by Crippen LogP contribution is 2.31. The Morgan fingerprint density at radius 2 is 1.94 bits per heavy atom. The highest BCUT2D eigenvalue weighted by atomic mass is 32.1. The zero-order valence-electron chi connectivity index (χ0n) is 10.7. The Labute approximate surface area is 110 Å². The van der Waals surface area contributed by atoms with Crippen LogP contribution in [-0.2, 0) is 6.54 Å². The fourth-order valence-electron chi connectivity index (χ4n) is 1.51. The van der Waals surface area contributed by atoms with Crippen molar-refractivity contribution in [2.24, 2.45) is 5.73 Å². The van der Waals surface area contributed by atoms with E-state index in [0.29, 0.717) is 17.5 Å². The predicted molar refractivity (Wildman–Crippen MR) is 72.5 cm³/mol. The third-order valence-corrected chi connectivity index (χ3v) is 3.58. The van der Waals surface area contributed by atoms with Gasteiger partial charge in [0.2, 0.25) is 0 Å². The summed E-state index contributed by atoms with van der Waals surface area (Å²) in [5.74, 6) is 1.43. The van der Waals surface area contributed by atoms with Gasteiger partial charge in [-0.15, -0.1) is 0 Å². The number of hydrogen-bond acceptors (Lipinski definition) is 5. The summed E-state index contributed by atoms with van der Waals surface area (Å²) >= 11 is 1.53. The standard InChI is InChI=1S/C13H16N2O2S/c1-8-9(2)18-13(15-8)17-12-5-10(7-14)4-11(6-12)16-3/h4-6H,7,14H2,1-3H3. The van der Waals surface area contributed by atoms with E-state index in [1.165, 1.54) is 11.3 Å². The lowest BCUT2D eigenvalue weighted by Crippen LogP contribution is -1.97. The van der Waals surface area contributed by atoms with Crippen LogP contribution in [0.1, 0.15) is 16.1 Å². The normalized spacial score (nSPS) is 10.4. The van der Waals surface area contributed by atoms with Crippen molar-refractivity contribution in [1.82, 2.24) is 4.98 Å². The van der Waals surface area contributed by atoms with Gasteiger partial charge in [-0.2, -0.15) is 0 Å². The first-order chi connectivity index (χ1) is 8.62. The van der Waals surface area contributed by atoms with Crippen molar-refractivity contribution in [2.75, 3.05) is 7.11 Å². The lowest BCUT2D eigenvalue weighted by atomic mass is 10.2. The van der Waals surface area contributed by atoms with E-state index in [4.69, 9.17) is 15.2 Å². The van der Waals surface area contributed by atoms with E-state index in [2.05, 4.69) is 4.98 Å². The molecule has 0 amide bonds. The number of nitrogens with two attached hydrogens (primary N) is 1. The molecule has 0 fully saturated rings. The Morgan fingerprint density at radius 1 is 1.22 bits per heavy atom. The van der Waals surface area contributed by atoms with E-state index in [-0.39, 0.29) is 0 Å². The summed E-state index contributed by atoms with van der Waals surface area (Å²) in [5.41, 5.74) is 7.60. The summed E-state index contributed by atoms with van der Waals surface area (Å²) in [4.78, 5) is 5.50. The summed E-state index contributed by atoms with van der Waals surface area (Å²) in [6.07, 6.45) is 0. The van der Waals surface area contributed by atoms with Gasteiger partial charge in [-0.1, -0.05) is 11.3 Å². The molecule has 0 aliphatic heterocycles. The van der Waals surface area contributed by atoms with Gasteiger partial charge in [0.1, 0.15) is 11.5 Å². The molecular weight excluding hydrogens is 248 g/mol. The average molecular weight is 264 g/mol. The van der Waals surface area contributed by atoms with E-state index in [1.54, 1.807) is 7.11 Å². The van der Waals surface area contributed by atoms with Crippen LogP contribution in [0.3, 0.4) is 0 Å². The molecule has 0 saturated heterocycles. The van der Waals surface area contributed by atoms with Gasteiger partial charge in [-0.25, -0.2) is 4.98 Å². The van der Waals surface area contributed by atoms with Crippen molar-refractivity contribution in [2.45, 2.75) is 20.4 Å². The number of hydrogen-bond donors (Lipinski definition) is 1.